The number of halogens is 1. The zero-order valence-electron chi connectivity index (χ0n) is 12.8. The van der Waals surface area contributed by atoms with Crippen LogP contribution in [0.25, 0.3) is 0 Å². The minimum absolute atomic E-state index is 0.244. The number of aryl methyl sites for hydroxylation is 2. The standard InChI is InChI=1S/C13H21BrN6S/c1-5-9-11(14)10(19(6-2)18-9)7-21-13-17-16-12(15)20(13)8(3)4/h8H,5-7H2,1-4H3,(H2,15,16). The van der Waals surface area contributed by atoms with E-state index >= 15 is 0 Å². The van der Waals surface area contributed by atoms with Gasteiger partial charge in [0.25, 0.3) is 0 Å². The van der Waals surface area contributed by atoms with E-state index in [0.717, 1.165) is 34.0 Å². The van der Waals surface area contributed by atoms with Crippen molar-refractivity contribution in [1.82, 2.24) is 24.5 Å². The Labute approximate surface area is 137 Å². The van der Waals surface area contributed by atoms with Crippen LogP contribution in [-0.2, 0) is 18.7 Å². The lowest BCUT2D eigenvalue weighted by atomic mass is 10.3. The van der Waals surface area contributed by atoms with E-state index in [1.54, 1.807) is 11.8 Å². The van der Waals surface area contributed by atoms with E-state index in [1.165, 1.54) is 5.69 Å². The molecule has 21 heavy (non-hydrogen) atoms. The highest BCUT2D eigenvalue weighted by Gasteiger charge is 2.17. The molecule has 8 heteroatoms. The van der Waals surface area contributed by atoms with Crippen LogP contribution in [-0.4, -0.2) is 24.5 Å². The van der Waals surface area contributed by atoms with Crippen molar-refractivity contribution in [3.8, 4) is 0 Å². The van der Waals surface area contributed by atoms with Crippen LogP contribution >= 0.6 is 27.7 Å². The molecule has 2 aromatic rings. The number of hydrogen-bond acceptors (Lipinski definition) is 5. The summed E-state index contributed by atoms with van der Waals surface area (Å²) in [7, 11) is 0. The maximum atomic E-state index is 5.87. The van der Waals surface area contributed by atoms with Gasteiger partial charge in [0.15, 0.2) is 5.16 Å². The van der Waals surface area contributed by atoms with Crippen LogP contribution in [0.1, 0.15) is 45.1 Å². The minimum atomic E-state index is 0.244. The summed E-state index contributed by atoms with van der Waals surface area (Å²) in [5.41, 5.74) is 8.14. The van der Waals surface area contributed by atoms with Gasteiger partial charge in [0.1, 0.15) is 0 Å². The lowest BCUT2D eigenvalue weighted by Crippen LogP contribution is -2.07. The van der Waals surface area contributed by atoms with Gasteiger partial charge in [-0.25, -0.2) is 0 Å². The Morgan fingerprint density at radius 2 is 2.00 bits per heavy atom. The molecule has 0 amide bonds. The van der Waals surface area contributed by atoms with Crippen molar-refractivity contribution in [3.63, 3.8) is 0 Å². The second-order valence-electron chi connectivity index (χ2n) is 4.97. The first kappa shape index (κ1) is 16.4. The van der Waals surface area contributed by atoms with E-state index in [1.807, 2.05) is 9.25 Å². The Balaban J connectivity index is 2.23. The number of anilines is 1. The molecule has 0 atom stereocenters. The summed E-state index contributed by atoms with van der Waals surface area (Å²) < 4.78 is 5.09. The summed E-state index contributed by atoms with van der Waals surface area (Å²) in [5, 5.41) is 13.6. The fourth-order valence-corrected chi connectivity index (χ4v) is 4.15. The molecular formula is C13H21BrN6S. The molecule has 2 aromatic heterocycles. The first-order chi connectivity index (χ1) is 9.99. The highest BCUT2D eigenvalue weighted by molar-refractivity contribution is 9.10. The molecule has 0 spiro atoms. The molecule has 0 bridgehead atoms. The summed E-state index contributed by atoms with van der Waals surface area (Å²) >= 11 is 5.30. The third-order valence-electron chi connectivity index (χ3n) is 3.24. The number of rotatable bonds is 6. The molecule has 2 heterocycles. The molecule has 2 N–H and O–H groups in total. The van der Waals surface area contributed by atoms with Gasteiger partial charge in [0.05, 0.1) is 15.9 Å². The Hall–Kier alpha value is -1.02. The molecule has 0 unspecified atom stereocenters. The molecule has 0 saturated carbocycles. The Morgan fingerprint density at radius 1 is 1.29 bits per heavy atom. The van der Waals surface area contributed by atoms with Gasteiger partial charge in [-0.05, 0) is 43.1 Å². The highest BCUT2D eigenvalue weighted by atomic mass is 79.9. The van der Waals surface area contributed by atoms with Crippen molar-refractivity contribution in [2.75, 3.05) is 5.73 Å². The molecule has 0 aliphatic rings. The summed E-state index contributed by atoms with van der Waals surface area (Å²) in [4.78, 5) is 0. The lowest BCUT2D eigenvalue weighted by Gasteiger charge is -2.11. The molecular weight excluding hydrogens is 352 g/mol. The van der Waals surface area contributed by atoms with Crippen LogP contribution in [0.3, 0.4) is 0 Å². The Kier molecular flexibility index (Phi) is 5.32. The number of hydrogen-bond donors (Lipinski definition) is 1. The van der Waals surface area contributed by atoms with Crippen molar-refractivity contribution in [3.05, 3.63) is 15.9 Å². The van der Waals surface area contributed by atoms with E-state index in [9.17, 15) is 0 Å². The predicted octanol–water partition coefficient (Wildman–Crippen LogP) is 3.27. The maximum absolute atomic E-state index is 5.87. The normalized spacial score (nSPS) is 11.5. The van der Waals surface area contributed by atoms with Crippen LogP contribution < -0.4 is 5.73 Å². The number of nitrogens with two attached hydrogens (primary N) is 1. The fourth-order valence-electron chi connectivity index (χ4n) is 2.16. The Morgan fingerprint density at radius 3 is 2.57 bits per heavy atom. The van der Waals surface area contributed by atoms with Crippen LogP contribution in [0.5, 0.6) is 0 Å². The van der Waals surface area contributed by atoms with Gasteiger partial charge in [-0.15, -0.1) is 10.2 Å². The average molecular weight is 373 g/mol. The average Bonchev–Trinajstić information content (AvgIpc) is 2.96. The molecule has 0 aliphatic heterocycles. The van der Waals surface area contributed by atoms with Crippen molar-refractivity contribution in [1.29, 1.82) is 0 Å². The topological polar surface area (TPSA) is 74.6 Å². The highest BCUT2D eigenvalue weighted by Crippen LogP contribution is 2.30. The fraction of sp³-hybridized carbons (Fsp3) is 0.615. The Bertz CT molecular complexity index is 618. The van der Waals surface area contributed by atoms with Gasteiger partial charge in [-0.3, -0.25) is 9.25 Å². The zero-order valence-corrected chi connectivity index (χ0v) is 15.2. The molecule has 0 aromatic carbocycles. The van der Waals surface area contributed by atoms with E-state index in [-0.39, 0.29) is 6.04 Å². The van der Waals surface area contributed by atoms with E-state index in [0.29, 0.717) is 5.95 Å². The summed E-state index contributed by atoms with van der Waals surface area (Å²) in [5.74, 6) is 1.25. The third-order valence-corrected chi connectivity index (χ3v) is 5.11. The van der Waals surface area contributed by atoms with E-state index < -0.39 is 0 Å². The van der Waals surface area contributed by atoms with Crippen LogP contribution in [0.4, 0.5) is 5.95 Å². The second kappa shape index (κ2) is 6.83. The lowest BCUT2D eigenvalue weighted by molar-refractivity contribution is 0.556. The quantitative estimate of drug-likeness (QED) is 0.787. The van der Waals surface area contributed by atoms with Gasteiger partial charge >= 0.3 is 0 Å². The number of aromatic nitrogens is 5. The van der Waals surface area contributed by atoms with Crippen molar-refractivity contribution < 1.29 is 0 Å². The summed E-state index contributed by atoms with van der Waals surface area (Å²) in [6, 6.07) is 0.244. The molecule has 0 fully saturated rings. The molecule has 0 radical (unpaired) electrons. The predicted molar refractivity (Wildman–Crippen MR) is 89.4 cm³/mol. The van der Waals surface area contributed by atoms with Gasteiger partial charge in [-0.2, -0.15) is 5.10 Å². The van der Waals surface area contributed by atoms with Crippen LogP contribution in [0.15, 0.2) is 9.63 Å². The summed E-state index contributed by atoms with van der Waals surface area (Å²) in [6.07, 6.45) is 0.917. The van der Waals surface area contributed by atoms with Gasteiger partial charge < -0.3 is 5.73 Å². The van der Waals surface area contributed by atoms with Crippen molar-refractivity contribution >= 4 is 33.6 Å². The maximum Gasteiger partial charge on any atom is 0.222 e. The van der Waals surface area contributed by atoms with Crippen molar-refractivity contribution in [2.24, 2.45) is 0 Å². The molecule has 6 nitrogen and oxygen atoms in total. The van der Waals surface area contributed by atoms with Gasteiger partial charge in [-0.1, -0.05) is 18.7 Å². The number of thioether (sulfide) groups is 1. The smallest absolute Gasteiger partial charge is 0.222 e. The minimum Gasteiger partial charge on any atom is -0.368 e. The SMILES string of the molecule is CCc1nn(CC)c(CSc2nnc(N)n2C(C)C)c1Br. The number of nitrogens with zero attached hydrogens (tertiary/aromatic N) is 5. The molecule has 0 saturated heterocycles. The molecule has 2 rings (SSSR count). The largest absolute Gasteiger partial charge is 0.368 e. The third kappa shape index (κ3) is 3.26. The molecule has 116 valence electrons. The first-order valence-electron chi connectivity index (χ1n) is 7.06. The van der Waals surface area contributed by atoms with Gasteiger partial charge in [0, 0.05) is 18.3 Å². The monoisotopic (exact) mass is 372 g/mol. The van der Waals surface area contributed by atoms with Crippen LogP contribution in [0, 0.1) is 0 Å². The zero-order chi connectivity index (χ0) is 15.6. The van der Waals surface area contributed by atoms with E-state index in [2.05, 4.69) is 58.9 Å². The van der Waals surface area contributed by atoms with Crippen molar-refractivity contribution in [2.45, 2.75) is 57.6 Å². The van der Waals surface area contributed by atoms with Crippen LogP contribution in [0.2, 0.25) is 0 Å². The number of nitrogen functional groups attached to an aromatic ring is 1. The summed E-state index contributed by atoms with van der Waals surface area (Å²) in [6.45, 7) is 9.21. The first-order valence-corrected chi connectivity index (χ1v) is 8.84. The van der Waals surface area contributed by atoms with E-state index in [4.69, 9.17) is 5.73 Å². The second-order valence-corrected chi connectivity index (χ2v) is 6.71. The van der Waals surface area contributed by atoms with Gasteiger partial charge in [0.2, 0.25) is 5.95 Å². The molecule has 0 aliphatic carbocycles.